The van der Waals surface area contributed by atoms with Gasteiger partial charge in [-0.3, -0.25) is 19.6 Å². The lowest BCUT2D eigenvalue weighted by Gasteiger charge is -2.08. The lowest BCUT2D eigenvalue weighted by atomic mass is 10.2. The summed E-state index contributed by atoms with van der Waals surface area (Å²) in [5.74, 6) is 5.33. The molecule has 2 rings (SSSR count). The first-order valence-corrected chi connectivity index (χ1v) is 6.88. The van der Waals surface area contributed by atoms with Gasteiger partial charge in [-0.2, -0.15) is 0 Å². The molecule has 0 aliphatic heterocycles. The van der Waals surface area contributed by atoms with E-state index in [0.717, 1.165) is 5.69 Å². The number of aryl methyl sites for hydroxylation is 1. The molecule has 20 heavy (non-hydrogen) atoms. The minimum atomic E-state index is -0.350. The SMILES string of the molecule is Cc1csc(=O)n1CCOc1ccc(C(=O)NN)cc1. The maximum Gasteiger partial charge on any atom is 0.307 e. The first-order valence-electron chi connectivity index (χ1n) is 6.00. The van der Waals surface area contributed by atoms with Gasteiger partial charge in [0, 0.05) is 16.6 Å². The minimum Gasteiger partial charge on any atom is -0.492 e. The zero-order valence-electron chi connectivity index (χ0n) is 11.0. The van der Waals surface area contributed by atoms with Crippen molar-refractivity contribution in [1.82, 2.24) is 9.99 Å². The molecule has 0 spiro atoms. The number of carbonyl (C=O) groups is 1. The van der Waals surface area contributed by atoms with Gasteiger partial charge in [0.2, 0.25) is 0 Å². The van der Waals surface area contributed by atoms with Gasteiger partial charge in [0.1, 0.15) is 12.4 Å². The van der Waals surface area contributed by atoms with Crippen molar-refractivity contribution in [2.24, 2.45) is 5.84 Å². The van der Waals surface area contributed by atoms with Crippen LogP contribution < -0.4 is 20.9 Å². The van der Waals surface area contributed by atoms with E-state index in [2.05, 4.69) is 5.43 Å². The summed E-state index contributed by atoms with van der Waals surface area (Å²) >= 11 is 1.18. The summed E-state index contributed by atoms with van der Waals surface area (Å²) in [6.07, 6.45) is 0. The number of rotatable bonds is 5. The third-order valence-corrected chi connectivity index (χ3v) is 3.69. The predicted molar refractivity (Wildman–Crippen MR) is 76.9 cm³/mol. The third kappa shape index (κ3) is 3.25. The molecule has 0 aliphatic carbocycles. The van der Waals surface area contributed by atoms with E-state index in [0.29, 0.717) is 24.5 Å². The van der Waals surface area contributed by atoms with E-state index in [1.165, 1.54) is 11.3 Å². The Kier molecular flexibility index (Phi) is 4.54. The normalized spacial score (nSPS) is 10.3. The lowest BCUT2D eigenvalue weighted by Crippen LogP contribution is -2.29. The van der Waals surface area contributed by atoms with Crippen LogP contribution in [0.4, 0.5) is 0 Å². The van der Waals surface area contributed by atoms with Gasteiger partial charge in [-0.25, -0.2) is 5.84 Å². The van der Waals surface area contributed by atoms with Crippen molar-refractivity contribution in [3.63, 3.8) is 0 Å². The highest BCUT2D eigenvalue weighted by Crippen LogP contribution is 2.12. The molecule has 106 valence electrons. The number of thiazole rings is 1. The van der Waals surface area contributed by atoms with Crippen molar-refractivity contribution >= 4 is 17.2 Å². The van der Waals surface area contributed by atoms with Crippen molar-refractivity contribution in [2.45, 2.75) is 13.5 Å². The standard InChI is InChI=1S/C13H15N3O3S/c1-9-8-20-13(18)16(9)6-7-19-11-4-2-10(3-5-11)12(17)15-14/h2-5,8H,6-7,14H2,1H3,(H,15,17). The van der Waals surface area contributed by atoms with Crippen molar-refractivity contribution in [3.8, 4) is 5.75 Å². The molecule has 0 unspecified atom stereocenters. The summed E-state index contributed by atoms with van der Waals surface area (Å²) in [6.45, 7) is 2.78. The Morgan fingerprint density at radius 1 is 1.40 bits per heavy atom. The third-order valence-electron chi connectivity index (χ3n) is 2.81. The van der Waals surface area contributed by atoms with E-state index in [1.54, 1.807) is 28.8 Å². The molecule has 0 aliphatic rings. The number of nitrogens with two attached hydrogens (primary N) is 1. The number of carbonyl (C=O) groups excluding carboxylic acids is 1. The fourth-order valence-corrected chi connectivity index (χ4v) is 2.48. The van der Waals surface area contributed by atoms with Crippen LogP contribution in [-0.4, -0.2) is 17.1 Å². The quantitative estimate of drug-likeness (QED) is 0.487. The fraction of sp³-hybridized carbons (Fsp3) is 0.231. The highest BCUT2D eigenvalue weighted by molar-refractivity contribution is 7.07. The summed E-state index contributed by atoms with van der Waals surface area (Å²) in [5.41, 5.74) is 3.45. The van der Waals surface area contributed by atoms with Crippen LogP contribution in [0.25, 0.3) is 0 Å². The number of hydrogen-bond acceptors (Lipinski definition) is 5. The molecule has 0 saturated heterocycles. The summed E-state index contributed by atoms with van der Waals surface area (Å²) in [6, 6.07) is 6.63. The summed E-state index contributed by atoms with van der Waals surface area (Å²) in [4.78, 5) is 22.8. The van der Waals surface area contributed by atoms with Gasteiger partial charge in [-0.05, 0) is 31.2 Å². The van der Waals surface area contributed by atoms with Crippen molar-refractivity contribution in [2.75, 3.05) is 6.61 Å². The van der Waals surface area contributed by atoms with Crippen LogP contribution in [0.5, 0.6) is 5.75 Å². The van der Waals surface area contributed by atoms with E-state index in [-0.39, 0.29) is 10.8 Å². The Morgan fingerprint density at radius 2 is 2.10 bits per heavy atom. The maximum atomic E-state index is 11.5. The molecule has 0 bridgehead atoms. The molecule has 1 aromatic carbocycles. The number of hydrazine groups is 1. The predicted octanol–water partition coefficient (Wildman–Crippen LogP) is 0.901. The molecule has 2 aromatic rings. The van der Waals surface area contributed by atoms with Crippen LogP contribution in [0.1, 0.15) is 16.1 Å². The molecule has 7 heteroatoms. The van der Waals surface area contributed by atoms with E-state index >= 15 is 0 Å². The first-order chi connectivity index (χ1) is 9.61. The fourth-order valence-electron chi connectivity index (χ4n) is 1.72. The van der Waals surface area contributed by atoms with Crippen LogP contribution in [0, 0.1) is 6.92 Å². The van der Waals surface area contributed by atoms with Crippen LogP contribution in [0.2, 0.25) is 0 Å². The van der Waals surface area contributed by atoms with E-state index in [1.807, 2.05) is 12.3 Å². The highest BCUT2D eigenvalue weighted by Gasteiger charge is 2.04. The van der Waals surface area contributed by atoms with Crippen molar-refractivity contribution < 1.29 is 9.53 Å². The number of ether oxygens (including phenoxy) is 1. The zero-order valence-corrected chi connectivity index (χ0v) is 11.8. The van der Waals surface area contributed by atoms with Gasteiger partial charge < -0.3 is 4.74 Å². The minimum absolute atomic E-state index is 0.0149. The van der Waals surface area contributed by atoms with Crippen molar-refractivity contribution in [1.29, 1.82) is 0 Å². The number of hydrogen-bond donors (Lipinski definition) is 2. The lowest BCUT2D eigenvalue weighted by molar-refractivity contribution is 0.0953. The van der Waals surface area contributed by atoms with Gasteiger partial charge >= 0.3 is 4.87 Å². The van der Waals surface area contributed by atoms with E-state index < -0.39 is 0 Å². The Morgan fingerprint density at radius 3 is 2.65 bits per heavy atom. The zero-order chi connectivity index (χ0) is 14.5. The molecule has 0 radical (unpaired) electrons. The highest BCUT2D eigenvalue weighted by atomic mass is 32.1. The van der Waals surface area contributed by atoms with Crippen LogP contribution in [0.3, 0.4) is 0 Å². The molecule has 6 nitrogen and oxygen atoms in total. The molecule has 0 fully saturated rings. The van der Waals surface area contributed by atoms with E-state index in [4.69, 9.17) is 10.6 Å². The summed E-state index contributed by atoms with van der Waals surface area (Å²) < 4.78 is 7.21. The van der Waals surface area contributed by atoms with Crippen LogP contribution >= 0.6 is 11.3 Å². The Hall–Kier alpha value is -2.12. The first kappa shape index (κ1) is 14.3. The van der Waals surface area contributed by atoms with Crippen LogP contribution in [-0.2, 0) is 6.54 Å². The van der Waals surface area contributed by atoms with Gasteiger partial charge in [-0.1, -0.05) is 11.3 Å². The second kappa shape index (κ2) is 6.36. The molecule has 1 heterocycles. The Labute approximate surface area is 119 Å². The van der Waals surface area contributed by atoms with E-state index in [9.17, 15) is 9.59 Å². The molecule has 1 amide bonds. The number of benzene rings is 1. The average Bonchev–Trinajstić information content (AvgIpc) is 2.79. The topological polar surface area (TPSA) is 86.3 Å². The largest absolute Gasteiger partial charge is 0.492 e. The van der Waals surface area contributed by atoms with Crippen molar-refractivity contribution in [3.05, 3.63) is 50.6 Å². The van der Waals surface area contributed by atoms with Gasteiger partial charge in [0.25, 0.3) is 5.91 Å². The van der Waals surface area contributed by atoms with Gasteiger partial charge in [-0.15, -0.1) is 0 Å². The van der Waals surface area contributed by atoms with Gasteiger partial charge in [0.05, 0.1) is 6.54 Å². The number of nitrogens with zero attached hydrogens (tertiary/aromatic N) is 1. The molecule has 1 aromatic heterocycles. The Bertz CT molecular complexity index is 646. The molecule has 0 atom stereocenters. The molecule has 3 N–H and O–H groups in total. The molecular weight excluding hydrogens is 278 g/mol. The second-order valence-electron chi connectivity index (χ2n) is 4.14. The number of nitrogen functional groups attached to an aromatic ring is 1. The summed E-state index contributed by atoms with van der Waals surface area (Å²) in [7, 11) is 0. The van der Waals surface area contributed by atoms with Gasteiger partial charge in [0.15, 0.2) is 0 Å². The molecule has 0 saturated carbocycles. The number of amides is 1. The second-order valence-corrected chi connectivity index (χ2v) is 4.96. The summed E-state index contributed by atoms with van der Waals surface area (Å²) in [5, 5.41) is 1.82. The average molecular weight is 293 g/mol. The number of nitrogens with one attached hydrogen (secondary N) is 1. The monoisotopic (exact) mass is 293 g/mol. The Balaban J connectivity index is 1.92. The smallest absolute Gasteiger partial charge is 0.307 e. The maximum absolute atomic E-state index is 11.5. The van der Waals surface area contributed by atoms with Crippen LogP contribution in [0.15, 0.2) is 34.4 Å². The molecular formula is C13H15N3O3S. The number of aromatic nitrogens is 1.